The van der Waals surface area contributed by atoms with Gasteiger partial charge in [0.05, 0.1) is 0 Å². The molecule has 1 saturated carbocycles. The van der Waals surface area contributed by atoms with Crippen LogP contribution in [0.5, 0.6) is 0 Å². The van der Waals surface area contributed by atoms with E-state index in [0.29, 0.717) is 23.6 Å². The first-order chi connectivity index (χ1) is 12.6. The Morgan fingerprint density at radius 2 is 2.04 bits per heavy atom. The van der Waals surface area contributed by atoms with E-state index in [0.717, 1.165) is 6.42 Å². The van der Waals surface area contributed by atoms with E-state index in [-0.39, 0.29) is 44.6 Å². The van der Waals surface area contributed by atoms with Crippen LogP contribution in [0.3, 0.4) is 0 Å². The van der Waals surface area contributed by atoms with Crippen molar-refractivity contribution in [2.75, 3.05) is 13.7 Å². The summed E-state index contributed by atoms with van der Waals surface area (Å²) in [4.78, 5) is 25.5. The molecule has 26 heavy (non-hydrogen) atoms. The van der Waals surface area contributed by atoms with E-state index in [9.17, 15) is 9.59 Å². The molecule has 6 atom stereocenters. The fourth-order valence-corrected chi connectivity index (χ4v) is 8.13. The fraction of sp³-hybridized carbons (Fsp3) is 0.500. The van der Waals surface area contributed by atoms with Gasteiger partial charge in [0.2, 0.25) is 0 Å². The Balaban J connectivity index is 1.55. The Morgan fingerprint density at radius 3 is 2.81 bits per heavy atom. The molecule has 3 fully saturated rings. The Morgan fingerprint density at radius 1 is 1.23 bits per heavy atom. The number of ketones is 1. The van der Waals surface area contributed by atoms with Crippen LogP contribution >= 0.6 is 0 Å². The van der Waals surface area contributed by atoms with Crippen LogP contribution in [0.4, 0.5) is 0 Å². The van der Waals surface area contributed by atoms with Gasteiger partial charge in [-0.05, 0) is 0 Å². The van der Waals surface area contributed by atoms with Crippen LogP contribution in [0.25, 0.3) is 0 Å². The molecule has 2 aliphatic carbocycles. The Bertz CT molecular complexity index is 791. The van der Waals surface area contributed by atoms with Gasteiger partial charge in [0.15, 0.2) is 0 Å². The predicted molar refractivity (Wildman–Crippen MR) is 93.9 cm³/mol. The van der Waals surface area contributed by atoms with Gasteiger partial charge < -0.3 is 0 Å². The summed E-state index contributed by atoms with van der Waals surface area (Å²) in [6, 6.07) is 10.4. The summed E-state index contributed by atoms with van der Waals surface area (Å²) in [5.74, 6) is 0.235. The fourth-order valence-electron chi connectivity index (χ4n) is 5.28. The average Bonchev–Trinajstić information content (AvgIpc) is 2.93. The van der Waals surface area contributed by atoms with Crippen LogP contribution in [-0.2, 0) is 23.8 Å². The molecule has 5 nitrogen and oxygen atoms in total. The molecule has 0 unspecified atom stereocenters. The molecule has 2 bridgehead atoms. The van der Waals surface area contributed by atoms with E-state index in [2.05, 4.69) is 12.1 Å². The van der Waals surface area contributed by atoms with Crippen molar-refractivity contribution < 1.29 is 23.8 Å². The maximum atomic E-state index is 12.9. The molecular formula is C20H20O5Se. The average molecular weight is 419 g/mol. The Labute approximate surface area is 158 Å². The van der Waals surface area contributed by atoms with E-state index >= 15 is 0 Å². The second-order valence-electron chi connectivity index (χ2n) is 7.48. The van der Waals surface area contributed by atoms with Crippen molar-refractivity contribution in [3.8, 4) is 0 Å². The van der Waals surface area contributed by atoms with Gasteiger partial charge in [0.1, 0.15) is 0 Å². The van der Waals surface area contributed by atoms with Crippen molar-refractivity contribution >= 4 is 31.2 Å². The molecule has 136 valence electrons. The number of ether oxygens (including phenoxy) is 3. The zero-order valence-corrected chi connectivity index (χ0v) is 16.1. The third-order valence-electron chi connectivity index (χ3n) is 6.37. The number of carbonyl (C=O) groups is 2. The van der Waals surface area contributed by atoms with Gasteiger partial charge in [-0.15, -0.1) is 0 Å². The molecule has 0 radical (unpaired) electrons. The van der Waals surface area contributed by atoms with E-state index in [4.69, 9.17) is 14.2 Å². The van der Waals surface area contributed by atoms with Crippen molar-refractivity contribution in [2.45, 2.75) is 29.9 Å². The van der Waals surface area contributed by atoms with Crippen LogP contribution in [-0.4, -0.2) is 52.6 Å². The number of allylic oxidation sites excluding steroid dienone is 1. The summed E-state index contributed by atoms with van der Waals surface area (Å²) >= 11 is 0.199. The number of esters is 1. The second-order valence-corrected chi connectivity index (χ2v) is 10.2. The Kier molecular flexibility index (Phi) is 3.78. The first-order valence-corrected chi connectivity index (χ1v) is 10.8. The molecule has 0 aromatic heterocycles. The van der Waals surface area contributed by atoms with E-state index in [1.165, 1.54) is 11.6 Å². The SMILES string of the molecule is COC1=CC(=O)[C@H]2C[C@H]([Se]c3ccccc3)[C@H]3OC[C@@]24[C@H]1OC(=O)C[C@@H]34. The standard InChI is InChI=1S/C20H20O5Se/c1-23-15-9-14(21)12-7-16(26-11-5-3-2-4-6-11)18-13-8-17(22)25-19(15)20(12,13)10-24-18/h2-6,9,12-13,16,18-19H,7-8,10H2,1H3/t12-,13+,16+,18+,19+,20-/m1/s1. The summed E-state index contributed by atoms with van der Waals surface area (Å²) in [5.41, 5.74) is -0.445. The van der Waals surface area contributed by atoms with Crippen molar-refractivity contribution in [1.82, 2.24) is 0 Å². The number of hydrogen-bond acceptors (Lipinski definition) is 5. The molecular weight excluding hydrogens is 399 g/mol. The molecule has 6 heteroatoms. The van der Waals surface area contributed by atoms with Crippen LogP contribution in [0.2, 0.25) is 4.82 Å². The van der Waals surface area contributed by atoms with Crippen LogP contribution in [0.15, 0.2) is 42.2 Å². The number of methoxy groups -OCH3 is 1. The van der Waals surface area contributed by atoms with E-state index < -0.39 is 11.5 Å². The van der Waals surface area contributed by atoms with Crippen molar-refractivity contribution in [1.29, 1.82) is 0 Å². The molecule has 1 aromatic rings. The molecule has 2 heterocycles. The van der Waals surface area contributed by atoms with Gasteiger partial charge in [0, 0.05) is 0 Å². The zero-order chi connectivity index (χ0) is 17.9. The Hall–Kier alpha value is -1.62. The molecule has 1 spiro atoms. The van der Waals surface area contributed by atoms with Gasteiger partial charge in [-0.3, -0.25) is 0 Å². The normalized spacial score (nSPS) is 40.5. The maximum absolute atomic E-state index is 12.9. The topological polar surface area (TPSA) is 61.8 Å². The van der Waals surface area contributed by atoms with Crippen molar-refractivity contribution in [3.05, 3.63) is 42.2 Å². The minimum absolute atomic E-state index is 0.0193. The molecule has 4 aliphatic rings. The predicted octanol–water partition coefficient (Wildman–Crippen LogP) is 1.25. The van der Waals surface area contributed by atoms with Crippen LogP contribution in [0, 0.1) is 17.3 Å². The van der Waals surface area contributed by atoms with Crippen molar-refractivity contribution in [2.24, 2.45) is 17.3 Å². The van der Waals surface area contributed by atoms with Gasteiger partial charge in [0.25, 0.3) is 0 Å². The summed E-state index contributed by atoms with van der Waals surface area (Å²) in [5, 5.41) is 0. The monoisotopic (exact) mass is 420 g/mol. The first-order valence-electron chi connectivity index (χ1n) is 8.95. The minimum atomic E-state index is -0.489. The van der Waals surface area contributed by atoms with E-state index in [1.807, 2.05) is 18.2 Å². The quantitative estimate of drug-likeness (QED) is 0.545. The van der Waals surface area contributed by atoms with Gasteiger partial charge >= 0.3 is 158 Å². The molecule has 0 amide bonds. The number of benzene rings is 1. The first kappa shape index (κ1) is 16.5. The second kappa shape index (κ2) is 5.95. The van der Waals surface area contributed by atoms with Gasteiger partial charge in [-0.1, -0.05) is 0 Å². The molecule has 5 rings (SSSR count). The third kappa shape index (κ3) is 2.19. The van der Waals surface area contributed by atoms with Crippen LogP contribution < -0.4 is 4.46 Å². The number of rotatable bonds is 3. The third-order valence-corrected chi connectivity index (χ3v) is 9.12. The van der Waals surface area contributed by atoms with Gasteiger partial charge in [-0.25, -0.2) is 0 Å². The zero-order valence-electron chi connectivity index (χ0n) is 14.4. The summed E-state index contributed by atoms with van der Waals surface area (Å²) in [6.45, 7) is 0.471. The summed E-state index contributed by atoms with van der Waals surface area (Å²) in [7, 11) is 1.53. The number of hydrogen-bond donors (Lipinski definition) is 0. The van der Waals surface area contributed by atoms with Crippen molar-refractivity contribution in [3.63, 3.8) is 0 Å². The van der Waals surface area contributed by atoms with E-state index in [1.54, 1.807) is 6.08 Å². The summed E-state index contributed by atoms with van der Waals surface area (Å²) < 4.78 is 18.7. The molecule has 1 aromatic carbocycles. The summed E-state index contributed by atoms with van der Waals surface area (Å²) in [6.07, 6.45) is 2.21. The molecule has 2 saturated heterocycles. The molecule has 0 N–H and O–H groups in total. The van der Waals surface area contributed by atoms with Gasteiger partial charge in [-0.2, -0.15) is 0 Å². The number of carbonyl (C=O) groups excluding carboxylic acids is 2. The van der Waals surface area contributed by atoms with Crippen LogP contribution in [0.1, 0.15) is 12.8 Å². The molecule has 2 aliphatic heterocycles.